The highest BCUT2D eigenvalue weighted by molar-refractivity contribution is 6.31. The van der Waals surface area contributed by atoms with Crippen LogP contribution >= 0.6 is 11.6 Å². The molecule has 2 heterocycles. The average Bonchev–Trinajstić information content (AvgIpc) is 2.32. The molecule has 3 nitrogen and oxygen atoms in total. The van der Waals surface area contributed by atoms with E-state index in [1.54, 1.807) is 4.90 Å². The summed E-state index contributed by atoms with van der Waals surface area (Å²) in [5, 5.41) is 9.16. The first-order chi connectivity index (χ1) is 5.70. The lowest BCUT2D eigenvalue weighted by Gasteiger charge is -2.33. The van der Waals surface area contributed by atoms with Crippen LogP contribution in [-0.2, 0) is 4.79 Å². The molecule has 2 rings (SSSR count). The third kappa shape index (κ3) is 1.12. The van der Waals surface area contributed by atoms with Crippen LogP contribution in [0.25, 0.3) is 0 Å². The van der Waals surface area contributed by atoms with Gasteiger partial charge in [-0.05, 0) is 19.3 Å². The van der Waals surface area contributed by atoms with Gasteiger partial charge in [-0.3, -0.25) is 4.79 Å². The second-order valence-electron chi connectivity index (χ2n) is 3.51. The predicted octanol–water partition coefficient (Wildman–Crippen LogP) is 0.349. The molecule has 0 bridgehead atoms. The van der Waals surface area contributed by atoms with Crippen molar-refractivity contribution in [2.45, 2.75) is 36.8 Å². The predicted molar refractivity (Wildman–Crippen MR) is 45.0 cm³/mol. The standard InChI is InChI=1S/C8H12ClNO2/c9-5-4-6-7(11)2-1-3-10(6)8(5)12/h5-7,11H,1-4H2. The van der Waals surface area contributed by atoms with Crippen molar-refractivity contribution in [3.05, 3.63) is 0 Å². The maximum Gasteiger partial charge on any atom is 0.241 e. The summed E-state index contributed by atoms with van der Waals surface area (Å²) in [6.45, 7) is 0.768. The molecule has 1 N–H and O–H groups in total. The van der Waals surface area contributed by atoms with E-state index in [0.717, 1.165) is 19.4 Å². The summed E-state index contributed by atoms with van der Waals surface area (Å²) in [7, 11) is 0. The molecule has 2 aliphatic rings. The molecule has 12 heavy (non-hydrogen) atoms. The van der Waals surface area contributed by atoms with Gasteiger partial charge in [-0.15, -0.1) is 11.6 Å². The number of rotatable bonds is 0. The Morgan fingerprint density at radius 1 is 1.58 bits per heavy atom. The van der Waals surface area contributed by atoms with Gasteiger partial charge in [0.05, 0.1) is 12.1 Å². The zero-order chi connectivity index (χ0) is 8.72. The van der Waals surface area contributed by atoms with E-state index in [9.17, 15) is 9.90 Å². The Morgan fingerprint density at radius 3 is 3.00 bits per heavy atom. The number of fused-ring (bicyclic) bond motifs is 1. The van der Waals surface area contributed by atoms with E-state index in [2.05, 4.69) is 0 Å². The molecular formula is C8H12ClNO2. The normalized spacial score (nSPS) is 41.7. The minimum absolute atomic E-state index is 0.000386. The van der Waals surface area contributed by atoms with Gasteiger partial charge in [-0.25, -0.2) is 0 Å². The summed E-state index contributed by atoms with van der Waals surface area (Å²) in [5.41, 5.74) is 0. The number of carbonyl (C=O) groups excluding carboxylic acids is 1. The highest BCUT2D eigenvalue weighted by atomic mass is 35.5. The number of aliphatic hydroxyl groups excluding tert-OH is 1. The van der Waals surface area contributed by atoms with E-state index in [0.29, 0.717) is 6.42 Å². The molecule has 4 heteroatoms. The fourth-order valence-corrected chi connectivity index (χ4v) is 2.40. The van der Waals surface area contributed by atoms with Crippen molar-refractivity contribution >= 4 is 17.5 Å². The molecule has 0 aromatic rings. The van der Waals surface area contributed by atoms with Gasteiger partial charge in [-0.1, -0.05) is 0 Å². The lowest BCUT2D eigenvalue weighted by molar-refractivity contribution is -0.131. The van der Waals surface area contributed by atoms with Gasteiger partial charge < -0.3 is 10.0 Å². The molecule has 3 atom stereocenters. The molecule has 0 spiro atoms. The topological polar surface area (TPSA) is 40.5 Å². The maximum absolute atomic E-state index is 11.4. The summed E-state index contributed by atoms with van der Waals surface area (Å²) >= 11 is 5.80. The SMILES string of the molecule is O=C1C(Cl)CC2C(O)CCCN12. The molecule has 1 amide bonds. The highest BCUT2D eigenvalue weighted by Crippen LogP contribution is 2.30. The summed E-state index contributed by atoms with van der Waals surface area (Å²) < 4.78 is 0. The van der Waals surface area contributed by atoms with E-state index in [1.165, 1.54) is 0 Å². The molecule has 0 aromatic carbocycles. The first-order valence-electron chi connectivity index (χ1n) is 4.33. The largest absolute Gasteiger partial charge is 0.391 e. The first-order valence-corrected chi connectivity index (χ1v) is 4.76. The van der Waals surface area contributed by atoms with Crippen LogP contribution in [0.15, 0.2) is 0 Å². The summed E-state index contributed by atoms with van der Waals surface area (Å²) in [6.07, 6.45) is 1.96. The van der Waals surface area contributed by atoms with E-state index < -0.39 is 5.38 Å². The molecule has 0 aliphatic carbocycles. The van der Waals surface area contributed by atoms with Crippen LogP contribution in [-0.4, -0.2) is 40.0 Å². The smallest absolute Gasteiger partial charge is 0.241 e. The molecule has 0 aromatic heterocycles. The molecule has 0 radical (unpaired) electrons. The van der Waals surface area contributed by atoms with Gasteiger partial charge in [0, 0.05) is 6.54 Å². The molecule has 0 saturated carbocycles. The fraction of sp³-hybridized carbons (Fsp3) is 0.875. The second kappa shape index (κ2) is 2.89. The summed E-state index contributed by atoms with van der Waals surface area (Å²) in [5.74, 6) is 0.000386. The van der Waals surface area contributed by atoms with Crippen molar-refractivity contribution in [1.82, 2.24) is 4.90 Å². The lowest BCUT2D eigenvalue weighted by atomic mass is 9.99. The molecular weight excluding hydrogens is 178 g/mol. The van der Waals surface area contributed by atoms with Gasteiger partial charge in [0.25, 0.3) is 0 Å². The number of nitrogens with zero attached hydrogens (tertiary/aromatic N) is 1. The van der Waals surface area contributed by atoms with E-state index in [1.807, 2.05) is 0 Å². The number of carbonyl (C=O) groups is 1. The Hall–Kier alpha value is -0.280. The molecule has 68 valence electrons. The van der Waals surface area contributed by atoms with Crippen LogP contribution in [0.3, 0.4) is 0 Å². The first kappa shape index (κ1) is 8.32. The van der Waals surface area contributed by atoms with Crippen molar-refractivity contribution < 1.29 is 9.90 Å². The van der Waals surface area contributed by atoms with Gasteiger partial charge in [-0.2, -0.15) is 0 Å². The zero-order valence-electron chi connectivity index (χ0n) is 6.74. The number of alkyl halides is 1. The van der Waals surface area contributed by atoms with Crippen molar-refractivity contribution in [2.75, 3.05) is 6.54 Å². The Morgan fingerprint density at radius 2 is 2.33 bits per heavy atom. The fourth-order valence-electron chi connectivity index (χ4n) is 2.09. The molecule has 2 fully saturated rings. The van der Waals surface area contributed by atoms with Crippen LogP contribution in [0.2, 0.25) is 0 Å². The number of halogens is 1. The lowest BCUT2D eigenvalue weighted by Crippen LogP contribution is -2.45. The Balaban J connectivity index is 2.16. The van der Waals surface area contributed by atoms with Crippen LogP contribution in [0.4, 0.5) is 0 Å². The summed E-state index contributed by atoms with van der Waals surface area (Å²) in [4.78, 5) is 13.1. The Kier molecular flexibility index (Phi) is 2.00. The molecule has 3 unspecified atom stereocenters. The van der Waals surface area contributed by atoms with Crippen LogP contribution in [0.1, 0.15) is 19.3 Å². The number of amides is 1. The maximum atomic E-state index is 11.4. The zero-order valence-corrected chi connectivity index (χ0v) is 7.50. The third-order valence-electron chi connectivity index (χ3n) is 2.74. The third-order valence-corrected chi connectivity index (χ3v) is 3.11. The van der Waals surface area contributed by atoms with E-state index in [4.69, 9.17) is 11.6 Å². The van der Waals surface area contributed by atoms with Gasteiger partial charge in [0.15, 0.2) is 0 Å². The van der Waals surface area contributed by atoms with Crippen LogP contribution in [0, 0.1) is 0 Å². The van der Waals surface area contributed by atoms with Crippen LogP contribution < -0.4 is 0 Å². The Labute approximate surface area is 76.3 Å². The van der Waals surface area contributed by atoms with E-state index >= 15 is 0 Å². The minimum Gasteiger partial charge on any atom is -0.391 e. The van der Waals surface area contributed by atoms with Crippen molar-refractivity contribution in [3.8, 4) is 0 Å². The monoisotopic (exact) mass is 189 g/mol. The molecule has 2 aliphatic heterocycles. The van der Waals surface area contributed by atoms with E-state index in [-0.39, 0.29) is 18.1 Å². The van der Waals surface area contributed by atoms with Crippen molar-refractivity contribution in [1.29, 1.82) is 0 Å². The number of hydrogen-bond acceptors (Lipinski definition) is 2. The summed E-state index contributed by atoms with van der Waals surface area (Å²) in [6, 6.07) is -0.00579. The number of aliphatic hydroxyl groups is 1. The Bertz CT molecular complexity index is 209. The van der Waals surface area contributed by atoms with Crippen molar-refractivity contribution in [3.63, 3.8) is 0 Å². The number of piperidine rings is 1. The van der Waals surface area contributed by atoms with Gasteiger partial charge >= 0.3 is 0 Å². The number of hydrogen-bond donors (Lipinski definition) is 1. The minimum atomic E-state index is -0.400. The average molecular weight is 190 g/mol. The highest BCUT2D eigenvalue weighted by Gasteiger charge is 2.43. The quantitative estimate of drug-likeness (QED) is 0.559. The molecule has 2 saturated heterocycles. The van der Waals surface area contributed by atoms with Gasteiger partial charge in [0.2, 0.25) is 5.91 Å². The van der Waals surface area contributed by atoms with Crippen LogP contribution in [0.5, 0.6) is 0 Å². The second-order valence-corrected chi connectivity index (χ2v) is 4.04. The van der Waals surface area contributed by atoms with Gasteiger partial charge in [0.1, 0.15) is 5.38 Å². The van der Waals surface area contributed by atoms with Crippen molar-refractivity contribution in [2.24, 2.45) is 0 Å².